The summed E-state index contributed by atoms with van der Waals surface area (Å²) in [6.45, 7) is 0.0949. The smallest absolute Gasteiger partial charge is 0.303 e. The summed E-state index contributed by atoms with van der Waals surface area (Å²) >= 11 is 0. The number of aliphatic hydroxyl groups is 1. The third-order valence-corrected chi connectivity index (χ3v) is 6.72. The first-order valence-corrected chi connectivity index (χ1v) is 14.6. The number of nitrogens with one attached hydrogen (secondary N) is 2. The lowest BCUT2D eigenvalue weighted by Crippen LogP contribution is -2.30. The predicted octanol–water partition coefficient (Wildman–Crippen LogP) is 4.37. The van der Waals surface area contributed by atoms with Crippen LogP contribution in [0.1, 0.15) is 122 Å². The highest BCUT2D eigenvalue weighted by molar-refractivity contribution is 5.97. The van der Waals surface area contributed by atoms with Crippen molar-refractivity contribution in [1.29, 1.82) is 0 Å². The molecule has 0 rings (SSSR count). The summed E-state index contributed by atoms with van der Waals surface area (Å²) in [6.07, 6.45) is 20.0. The highest BCUT2D eigenvalue weighted by Crippen LogP contribution is 2.14. The van der Waals surface area contributed by atoms with E-state index in [9.17, 15) is 19.2 Å². The number of rotatable bonds is 27. The number of likely N-dealkylation sites (N-methyl/N-ethyl adjacent to an activating group) is 1. The molecule has 0 aromatic carbocycles. The number of unbranched alkanes of at least 4 members (excludes halogenated alkanes) is 14. The number of carbonyl (C=O) groups excluding carboxylic acids is 3. The second-order valence-corrected chi connectivity index (χ2v) is 10.1. The van der Waals surface area contributed by atoms with Gasteiger partial charge < -0.3 is 26.6 Å². The fourth-order valence-electron chi connectivity index (χ4n) is 4.29. The van der Waals surface area contributed by atoms with E-state index >= 15 is 0 Å². The molecule has 0 bridgehead atoms. The third-order valence-electron chi connectivity index (χ3n) is 6.72. The Balaban J connectivity index is 3.59. The van der Waals surface area contributed by atoms with E-state index in [-0.39, 0.29) is 18.1 Å². The van der Waals surface area contributed by atoms with Gasteiger partial charge in [-0.3, -0.25) is 19.2 Å². The number of aliphatic carboxylic acids is 1. The first kappa shape index (κ1) is 35.6. The molecule has 38 heavy (non-hydrogen) atoms. The molecule has 0 aromatic heterocycles. The van der Waals surface area contributed by atoms with Gasteiger partial charge in [-0.25, -0.2) is 0 Å². The highest BCUT2D eigenvalue weighted by atomic mass is 16.4. The van der Waals surface area contributed by atoms with E-state index < -0.39 is 24.4 Å². The standard InChI is InChI=1S/C29H53N3O6/c1-31-25(26(34)22-24(23-33)29(30)38)18-16-17-21-32-27(35)19-14-12-10-8-6-4-2-3-5-7-9-11-13-15-20-28(36)37/h18,24,31,33H,2-17,19-23H2,1H3,(H2,30,38)(H,32,35)(H,36,37)/b25-18+/t24-/m0/s1. The number of hydrogen-bond acceptors (Lipinski definition) is 6. The van der Waals surface area contributed by atoms with E-state index in [1.165, 1.54) is 57.8 Å². The monoisotopic (exact) mass is 539 g/mol. The van der Waals surface area contributed by atoms with Crippen molar-refractivity contribution in [3.63, 3.8) is 0 Å². The van der Waals surface area contributed by atoms with Crippen molar-refractivity contribution < 1.29 is 29.4 Å². The largest absolute Gasteiger partial charge is 0.481 e. The van der Waals surface area contributed by atoms with Crippen LogP contribution in [0.25, 0.3) is 0 Å². The minimum atomic E-state index is -0.880. The molecule has 0 aliphatic rings. The zero-order valence-electron chi connectivity index (χ0n) is 23.6. The summed E-state index contributed by atoms with van der Waals surface area (Å²) in [5.74, 6) is -2.47. The average Bonchev–Trinajstić information content (AvgIpc) is 2.88. The van der Waals surface area contributed by atoms with Gasteiger partial charge in [0.15, 0.2) is 5.78 Å². The summed E-state index contributed by atoms with van der Waals surface area (Å²) in [6, 6.07) is 0. The van der Waals surface area contributed by atoms with Crippen LogP contribution in [0.2, 0.25) is 0 Å². The molecule has 0 aromatic rings. The Morgan fingerprint density at radius 3 is 1.66 bits per heavy atom. The van der Waals surface area contributed by atoms with Crippen molar-refractivity contribution in [3.05, 3.63) is 11.8 Å². The van der Waals surface area contributed by atoms with Gasteiger partial charge in [0.25, 0.3) is 0 Å². The van der Waals surface area contributed by atoms with E-state index in [2.05, 4.69) is 10.6 Å². The lowest BCUT2D eigenvalue weighted by atomic mass is 10.0. The van der Waals surface area contributed by atoms with E-state index in [1.54, 1.807) is 13.1 Å². The Morgan fingerprint density at radius 1 is 0.763 bits per heavy atom. The predicted molar refractivity (Wildman–Crippen MR) is 150 cm³/mol. The van der Waals surface area contributed by atoms with Crippen LogP contribution in [0.3, 0.4) is 0 Å². The Hall–Kier alpha value is -2.42. The van der Waals surface area contributed by atoms with Gasteiger partial charge in [-0.1, -0.05) is 83.1 Å². The topological polar surface area (TPSA) is 159 Å². The zero-order valence-corrected chi connectivity index (χ0v) is 23.6. The SMILES string of the molecule is CN/C(=C/CCCNC(=O)CCCCCCCCCCCCCCCCC(=O)O)C(=O)C[C@@H](CO)C(N)=O. The third kappa shape index (κ3) is 21.6. The van der Waals surface area contributed by atoms with Crippen LogP contribution >= 0.6 is 0 Å². The second-order valence-electron chi connectivity index (χ2n) is 10.1. The molecule has 0 fully saturated rings. The number of amides is 2. The number of Topliss-reactive ketones (excluding diaryl/α,β-unsaturated/α-hetero) is 1. The van der Waals surface area contributed by atoms with Crippen LogP contribution in [0.15, 0.2) is 11.8 Å². The molecule has 0 radical (unpaired) electrons. The summed E-state index contributed by atoms with van der Waals surface area (Å²) in [4.78, 5) is 45.9. The summed E-state index contributed by atoms with van der Waals surface area (Å²) in [5, 5.41) is 23.5. The number of ketones is 1. The Bertz CT molecular complexity index is 696. The summed E-state index contributed by atoms with van der Waals surface area (Å²) in [5.41, 5.74) is 5.56. The summed E-state index contributed by atoms with van der Waals surface area (Å²) in [7, 11) is 1.63. The van der Waals surface area contributed by atoms with Crippen LogP contribution in [0.5, 0.6) is 0 Å². The molecule has 0 heterocycles. The molecule has 9 heteroatoms. The van der Waals surface area contributed by atoms with Crippen molar-refractivity contribution in [2.75, 3.05) is 20.2 Å². The van der Waals surface area contributed by atoms with Crippen LogP contribution in [0.4, 0.5) is 0 Å². The molecule has 0 unspecified atom stereocenters. The minimum Gasteiger partial charge on any atom is -0.481 e. The number of nitrogens with two attached hydrogens (primary N) is 1. The van der Waals surface area contributed by atoms with Gasteiger partial charge >= 0.3 is 5.97 Å². The molecule has 0 saturated carbocycles. The van der Waals surface area contributed by atoms with Crippen molar-refractivity contribution in [1.82, 2.24) is 10.6 Å². The second kappa shape index (κ2) is 24.9. The maximum Gasteiger partial charge on any atom is 0.303 e. The number of aliphatic hydroxyl groups excluding tert-OH is 1. The normalized spacial score (nSPS) is 12.2. The van der Waals surface area contributed by atoms with Crippen molar-refractivity contribution in [3.8, 4) is 0 Å². The van der Waals surface area contributed by atoms with E-state index in [1.807, 2.05) is 0 Å². The van der Waals surface area contributed by atoms with Gasteiger partial charge in [-0.2, -0.15) is 0 Å². The number of carboxylic acids is 1. The van der Waals surface area contributed by atoms with Crippen molar-refractivity contribution in [2.24, 2.45) is 11.7 Å². The molecule has 0 saturated heterocycles. The fraction of sp³-hybridized carbons (Fsp3) is 0.793. The Kier molecular flexibility index (Phi) is 23.3. The molecular weight excluding hydrogens is 486 g/mol. The maximum atomic E-state index is 12.2. The minimum absolute atomic E-state index is 0.0630. The number of carboxylic acid groups (broad SMARTS) is 1. The van der Waals surface area contributed by atoms with Crippen LogP contribution in [-0.2, 0) is 19.2 Å². The molecule has 0 aliphatic heterocycles. The molecule has 0 spiro atoms. The van der Waals surface area contributed by atoms with Gasteiger partial charge in [0.2, 0.25) is 11.8 Å². The van der Waals surface area contributed by atoms with Crippen molar-refractivity contribution >= 4 is 23.6 Å². The molecule has 220 valence electrons. The quantitative estimate of drug-likeness (QED) is 0.0766. The molecule has 9 nitrogen and oxygen atoms in total. The van der Waals surface area contributed by atoms with E-state index in [0.29, 0.717) is 37.9 Å². The Morgan fingerprint density at radius 2 is 1.24 bits per heavy atom. The van der Waals surface area contributed by atoms with Gasteiger partial charge in [-0.15, -0.1) is 0 Å². The lowest BCUT2D eigenvalue weighted by Gasteiger charge is -2.11. The zero-order chi connectivity index (χ0) is 28.4. The maximum absolute atomic E-state index is 12.2. The molecule has 2 amide bonds. The van der Waals surface area contributed by atoms with Crippen LogP contribution < -0.4 is 16.4 Å². The first-order valence-electron chi connectivity index (χ1n) is 14.6. The first-order chi connectivity index (χ1) is 18.3. The molecule has 1 atom stereocenters. The van der Waals surface area contributed by atoms with Gasteiger partial charge in [0, 0.05) is 32.9 Å². The number of carbonyl (C=O) groups is 4. The highest BCUT2D eigenvalue weighted by Gasteiger charge is 2.20. The fourth-order valence-corrected chi connectivity index (χ4v) is 4.29. The summed E-state index contributed by atoms with van der Waals surface area (Å²) < 4.78 is 0. The molecular formula is C29H53N3O6. The average molecular weight is 540 g/mol. The number of hydrogen-bond donors (Lipinski definition) is 5. The number of allylic oxidation sites excluding steroid dienone is 2. The molecule has 6 N–H and O–H groups in total. The van der Waals surface area contributed by atoms with Crippen LogP contribution in [-0.4, -0.2) is 54.0 Å². The van der Waals surface area contributed by atoms with Crippen molar-refractivity contribution in [2.45, 2.75) is 122 Å². The van der Waals surface area contributed by atoms with Gasteiger partial charge in [0.05, 0.1) is 18.2 Å². The molecule has 0 aliphatic carbocycles. The Labute approximate surface area is 229 Å². The number of primary amides is 1. The van der Waals surface area contributed by atoms with Gasteiger partial charge in [-0.05, 0) is 25.7 Å². The van der Waals surface area contributed by atoms with Gasteiger partial charge in [0.1, 0.15) is 0 Å². The lowest BCUT2D eigenvalue weighted by molar-refractivity contribution is -0.137. The van der Waals surface area contributed by atoms with Crippen LogP contribution in [0, 0.1) is 5.92 Å². The van der Waals surface area contributed by atoms with E-state index in [0.717, 1.165) is 32.1 Å². The van der Waals surface area contributed by atoms with E-state index in [4.69, 9.17) is 15.9 Å².